The fraction of sp³-hybridized carbons (Fsp3) is 0.280. The molecule has 12 nitrogen and oxygen atoms in total. The zero-order valence-electron chi connectivity index (χ0n) is 20.3. The van der Waals surface area contributed by atoms with Gasteiger partial charge in [0.2, 0.25) is 5.95 Å². The van der Waals surface area contributed by atoms with Gasteiger partial charge in [-0.2, -0.15) is 19.7 Å². The Morgan fingerprint density at radius 2 is 2.00 bits per heavy atom. The van der Waals surface area contributed by atoms with Gasteiger partial charge in [-0.05, 0) is 30.3 Å². The predicted octanol–water partition coefficient (Wildman–Crippen LogP) is 2.35. The predicted molar refractivity (Wildman–Crippen MR) is 137 cm³/mol. The Morgan fingerprint density at radius 3 is 2.74 bits per heavy atom. The third-order valence-electron chi connectivity index (χ3n) is 6.63. The summed E-state index contributed by atoms with van der Waals surface area (Å²) in [5.41, 5.74) is 8.85. The van der Waals surface area contributed by atoms with Crippen LogP contribution in [0.15, 0.2) is 53.3 Å². The Morgan fingerprint density at radius 1 is 1.16 bits per heavy atom. The van der Waals surface area contributed by atoms with Crippen molar-refractivity contribution in [2.24, 2.45) is 0 Å². The van der Waals surface area contributed by atoms with E-state index in [0.717, 1.165) is 30.5 Å². The van der Waals surface area contributed by atoms with Crippen molar-refractivity contribution >= 4 is 34.2 Å². The van der Waals surface area contributed by atoms with Gasteiger partial charge in [-0.15, -0.1) is 0 Å². The molecule has 1 aliphatic heterocycles. The molecular formula is C25H25FN8O4. The first-order valence-corrected chi connectivity index (χ1v) is 12.1. The second kappa shape index (κ2) is 9.67. The lowest BCUT2D eigenvalue weighted by Crippen LogP contribution is -2.47. The Bertz CT molecular complexity index is 1600. The van der Waals surface area contributed by atoms with E-state index in [1.165, 1.54) is 6.07 Å². The number of furan rings is 1. The molecule has 0 unspecified atom stereocenters. The van der Waals surface area contributed by atoms with Crippen molar-refractivity contribution in [3.05, 3.63) is 54.7 Å². The number of piperazine rings is 1. The van der Waals surface area contributed by atoms with Gasteiger partial charge in [0.15, 0.2) is 18.0 Å². The van der Waals surface area contributed by atoms with Crippen LogP contribution in [0.2, 0.25) is 0 Å². The number of rotatable bonds is 8. The highest BCUT2D eigenvalue weighted by atomic mass is 19.1. The normalized spacial score (nSPS) is 14.5. The molecule has 13 heteroatoms. The van der Waals surface area contributed by atoms with Crippen molar-refractivity contribution in [1.82, 2.24) is 29.3 Å². The molecule has 0 atom stereocenters. The molecular weight excluding hydrogens is 495 g/mol. The second-order valence-electron chi connectivity index (χ2n) is 9.00. The number of aliphatic carboxylic acids is 1. The van der Waals surface area contributed by atoms with Crippen molar-refractivity contribution < 1.29 is 23.4 Å². The number of nitrogen functional groups attached to an aromatic ring is 1. The quantitative estimate of drug-likeness (QED) is 0.313. The van der Waals surface area contributed by atoms with Gasteiger partial charge in [0.1, 0.15) is 17.3 Å². The van der Waals surface area contributed by atoms with Crippen LogP contribution in [0.25, 0.3) is 28.0 Å². The largest absolute Gasteiger partial charge is 0.482 e. The van der Waals surface area contributed by atoms with Crippen LogP contribution in [-0.2, 0) is 11.3 Å². The number of fused-ring (bicyclic) bond motifs is 3. The summed E-state index contributed by atoms with van der Waals surface area (Å²) >= 11 is 0. The second-order valence-corrected chi connectivity index (χ2v) is 9.00. The summed E-state index contributed by atoms with van der Waals surface area (Å²) in [6.07, 6.45) is 3.37. The van der Waals surface area contributed by atoms with Crippen LogP contribution in [0, 0.1) is 5.82 Å². The monoisotopic (exact) mass is 520 g/mol. The number of halogens is 1. The molecule has 196 valence electrons. The van der Waals surface area contributed by atoms with Crippen LogP contribution in [0.4, 0.5) is 16.0 Å². The Labute approximate surface area is 215 Å². The van der Waals surface area contributed by atoms with E-state index in [1.807, 2.05) is 21.7 Å². The minimum atomic E-state index is -1.11. The van der Waals surface area contributed by atoms with E-state index < -0.39 is 18.4 Å². The smallest absolute Gasteiger partial charge is 0.341 e. The summed E-state index contributed by atoms with van der Waals surface area (Å²) in [6, 6.07) is 10.00. The third kappa shape index (κ3) is 4.47. The number of nitrogens with zero attached hydrogens (tertiary/aromatic N) is 7. The number of carboxylic acids is 1. The molecule has 5 heterocycles. The molecule has 1 fully saturated rings. The lowest BCUT2D eigenvalue weighted by molar-refractivity contribution is -0.139. The molecule has 6 rings (SSSR count). The molecule has 0 saturated carbocycles. The third-order valence-corrected chi connectivity index (χ3v) is 6.63. The average molecular weight is 521 g/mol. The maximum Gasteiger partial charge on any atom is 0.341 e. The van der Waals surface area contributed by atoms with Crippen LogP contribution in [0.1, 0.15) is 0 Å². The molecule has 5 aromatic rings. The number of hydrogen-bond donors (Lipinski definition) is 2. The van der Waals surface area contributed by atoms with Gasteiger partial charge >= 0.3 is 5.97 Å². The van der Waals surface area contributed by atoms with Gasteiger partial charge in [0, 0.05) is 38.8 Å². The number of anilines is 2. The first kappa shape index (κ1) is 23.7. The van der Waals surface area contributed by atoms with Crippen LogP contribution < -0.4 is 15.4 Å². The maximum atomic E-state index is 14.6. The van der Waals surface area contributed by atoms with Crippen molar-refractivity contribution in [2.45, 2.75) is 6.54 Å². The molecule has 0 aliphatic carbocycles. The Balaban J connectivity index is 1.10. The van der Waals surface area contributed by atoms with Crippen molar-refractivity contribution in [2.75, 3.05) is 50.0 Å². The lowest BCUT2D eigenvalue weighted by atomic mass is 10.2. The van der Waals surface area contributed by atoms with Gasteiger partial charge in [-0.1, -0.05) is 0 Å². The summed E-state index contributed by atoms with van der Waals surface area (Å²) in [7, 11) is 0. The highest BCUT2D eigenvalue weighted by molar-refractivity contribution is 5.93. The van der Waals surface area contributed by atoms with E-state index in [-0.39, 0.29) is 11.7 Å². The summed E-state index contributed by atoms with van der Waals surface area (Å²) in [4.78, 5) is 19.5. The van der Waals surface area contributed by atoms with E-state index in [1.54, 1.807) is 35.2 Å². The van der Waals surface area contributed by atoms with E-state index in [2.05, 4.69) is 20.1 Å². The van der Waals surface area contributed by atoms with E-state index >= 15 is 0 Å². The number of carbonyl (C=O) groups is 1. The minimum absolute atomic E-state index is 0.193. The van der Waals surface area contributed by atoms with Gasteiger partial charge in [-0.3, -0.25) is 4.90 Å². The summed E-state index contributed by atoms with van der Waals surface area (Å²) < 4.78 is 28.6. The first-order chi connectivity index (χ1) is 18.5. The summed E-state index contributed by atoms with van der Waals surface area (Å²) in [5, 5.41) is 18.6. The van der Waals surface area contributed by atoms with Crippen molar-refractivity contribution in [3.63, 3.8) is 0 Å². The molecule has 4 aromatic heterocycles. The topological polar surface area (TPSA) is 140 Å². The maximum absolute atomic E-state index is 14.6. The SMILES string of the molecule is Nc1nc2c(cnn2CCN2CCN(c3ccc(OCC(=O)O)cc3F)CC2)c2cc(-c3ccco3)nn12. The van der Waals surface area contributed by atoms with Crippen molar-refractivity contribution in [3.8, 4) is 17.2 Å². The number of benzene rings is 1. The van der Waals surface area contributed by atoms with Gasteiger partial charge in [-0.25, -0.2) is 13.9 Å². The number of carboxylic acid groups (broad SMARTS) is 1. The van der Waals surface area contributed by atoms with Gasteiger partial charge in [0.05, 0.1) is 35.6 Å². The zero-order valence-corrected chi connectivity index (χ0v) is 20.3. The highest BCUT2D eigenvalue weighted by Gasteiger charge is 2.21. The first-order valence-electron chi connectivity index (χ1n) is 12.1. The van der Waals surface area contributed by atoms with E-state index in [4.69, 9.17) is 20.0 Å². The Hall–Kier alpha value is -4.65. The van der Waals surface area contributed by atoms with Gasteiger partial charge in [0.25, 0.3) is 0 Å². The van der Waals surface area contributed by atoms with E-state index in [9.17, 15) is 9.18 Å². The number of ether oxygens (including phenoxy) is 1. The minimum Gasteiger partial charge on any atom is -0.482 e. The highest BCUT2D eigenvalue weighted by Crippen LogP contribution is 2.27. The standard InChI is InChI=1S/C25H25FN8O4/c26-18-12-16(38-15-23(35)36)3-4-20(18)32-8-5-31(6-9-32)7-10-33-24-17(14-28-33)21-13-19(22-2-1-11-37-22)30-34(21)25(27)29-24/h1-4,11-14H,5-10,15H2,(H2,27,29)(H,35,36). The van der Waals surface area contributed by atoms with Crippen LogP contribution in [0.3, 0.4) is 0 Å². The van der Waals surface area contributed by atoms with Gasteiger partial charge < -0.3 is 24.9 Å². The van der Waals surface area contributed by atoms with Crippen LogP contribution in [0.5, 0.6) is 5.75 Å². The molecule has 0 spiro atoms. The van der Waals surface area contributed by atoms with Crippen LogP contribution >= 0.6 is 0 Å². The summed E-state index contributed by atoms with van der Waals surface area (Å²) in [5.74, 6) is -0.438. The van der Waals surface area contributed by atoms with Crippen LogP contribution in [-0.4, -0.2) is 79.7 Å². The average Bonchev–Trinajstić information content (AvgIpc) is 3.66. The van der Waals surface area contributed by atoms with Crippen molar-refractivity contribution in [1.29, 1.82) is 0 Å². The number of hydrogen-bond acceptors (Lipinski definition) is 9. The summed E-state index contributed by atoms with van der Waals surface area (Å²) in [6.45, 7) is 3.68. The molecule has 0 amide bonds. The molecule has 3 N–H and O–H groups in total. The number of nitrogens with two attached hydrogens (primary N) is 1. The molecule has 38 heavy (non-hydrogen) atoms. The molecule has 1 aromatic carbocycles. The fourth-order valence-electron chi connectivity index (χ4n) is 4.72. The zero-order chi connectivity index (χ0) is 26.2. The number of aromatic nitrogens is 5. The Kier molecular flexibility index (Phi) is 6.04. The molecule has 1 saturated heterocycles. The lowest BCUT2D eigenvalue weighted by Gasteiger charge is -2.36. The molecule has 1 aliphatic rings. The molecule has 0 radical (unpaired) electrons. The fourth-order valence-corrected chi connectivity index (χ4v) is 4.72. The van der Waals surface area contributed by atoms with E-state index in [0.29, 0.717) is 42.4 Å². The molecule has 0 bridgehead atoms.